The van der Waals surface area contributed by atoms with Gasteiger partial charge in [0.05, 0.1) is 0 Å². The van der Waals surface area contributed by atoms with Crippen molar-refractivity contribution < 1.29 is 27.9 Å². The molecule has 0 aromatic rings. The normalized spacial score (nSPS) is 11.2. The summed E-state index contributed by atoms with van der Waals surface area (Å²) in [6, 6.07) is -0.734. The molecule has 2 N–H and O–H groups in total. The Kier molecular flexibility index (Phi) is 8.74. The predicted octanol–water partition coefficient (Wildman–Crippen LogP) is 2.62. The van der Waals surface area contributed by atoms with Crippen molar-refractivity contribution in [3.05, 3.63) is 0 Å². The van der Waals surface area contributed by atoms with Crippen LogP contribution in [-0.4, -0.2) is 47.8 Å². The minimum absolute atomic E-state index is 0.0460. The van der Waals surface area contributed by atoms with E-state index in [0.29, 0.717) is 25.7 Å². The summed E-state index contributed by atoms with van der Waals surface area (Å²) in [7, 11) is 0. The molecule has 0 heterocycles. The second-order valence-electron chi connectivity index (χ2n) is 4.47. The summed E-state index contributed by atoms with van der Waals surface area (Å²) in [5.41, 5.74) is 0. The molecular weight excluding hydrogens is 277 g/mol. The van der Waals surface area contributed by atoms with E-state index < -0.39 is 24.7 Å². The van der Waals surface area contributed by atoms with E-state index in [0.717, 1.165) is 4.90 Å². The number of unbranched alkanes of at least 4 members (excludes halogenated alkanes) is 2. The molecule has 0 aliphatic rings. The third-order valence-electron chi connectivity index (χ3n) is 2.49. The lowest BCUT2D eigenvalue weighted by atomic mass is 10.2. The Morgan fingerprint density at radius 2 is 1.85 bits per heavy atom. The largest absolute Gasteiger partial charge is 0.481 e. The van der Waals surface area contributed by atoms with Crippen LogP contribution in [-0.2, 0) is 4.79 Å². The summed E-state index contributed by atoms with van der Waals surface area (Å²) in [6.07, 6.45) is -2.25. The van der Waals surface area contributed by atoms with Crippen LogP contribution in [0.4, 0.5) is 18.0 Å². The molecule has 0 saturated carbocycles. The van der Waals surface area contributed by atoms with E-state index in [-0.39, 0.29) is 19.5 Å². The number of carbonyl (C=O) groups is 2. The maximum Gasteiger partial charge on any atom is 0.406 e. The Labute approximate surface area is 116 Å². The lowest BCUT2D eigenvalue weighted by Gasteiger charge is -2.23. The van der Waals surface area contributed by atoms with Crippen molar-refractivity contribution in [2.45, 2.75) is 45.2 Å². The first-order valence-electron chi connectivity index (χ1n) is 6.57. The third-order valence-corrected chi connectivity index (χ3v) is 2.49. The Bertz CT molecular complexity index is 309. The first-order chi connectivity index (χ1) is 9.26. The minimum Gasteiger partial charge on any atom is -0.481 e. The molecule has 0 aliphatic heterocycles. The van der Waals surface area contributed by atoms with Gasteiger partial charge in [-0.3, -0.25) is 4.79 Å². The van der Waals surface area contributed by atoms with Gasteiger partial charge in [0.1, 0.15) is 6.54 Å². The van der Waals surface area contributed by atoms with Crippen molar-refractivity contribution in [2.75, 3.05) is 19.6 Å². The van der Waals surface area contributed by atoms with Crippen molar-refractivity contribution in [3.8, 4) is 0 Å². The zero-order chi connectivity index (χ0) is 15.6. The van der Waals surface area contributed by atoms with E-state index in [1.165, 1.54) is 0 Å². The number of amides is 2. The lowest BCUT2D eigenvalue weighted by molar-refractivity contribution is -0.140. The smallest absolute Gasteiger partial charge is 0.406 e. The molecule has 118 valence electrons. The second-order valence-corrected chi connectivity index (χ2v) is 4.47. The highest BCUT2D eigenvalue weighted by Gasteiger charge is 2.32. The van der Waals surface area contributed by atoms with Gasteiger partial charge in [-0.05, 0) is 19.3 Å². The van der Waals surface area contributed by atoms with E-state index in [1.807, 2.05) is 0 Å². The van der Waals surface area contributed by atoms with Gasteiger partial charge in [-0.15, -0.1) is 0 Å². The Morgan fingerprint density at radius 1 is 1.20 bits per heavy atom. The first kappa shape index (κ1) is 18.5. The second kappa shape index (κ2) is 9.44. The Balaban J connectivity index is 3.93. The average molecular weight is 298 g/mol. The van der Waals surface area contributed by atoms with Crippen LogP contribution in [0.1, 0.15) is 39.0 Å². The van der Waals surface area contributed by atoms with Crippen molar-refractivity contribution >= 4 is 12.0 Å². The summed E-state index contributed by atoms with van der Waals surface area (Å²) >= 11 is 0. The number of nitrogens with zero attached hydrogens (tertiary/aromatic N) is 1. The number of urea groups is 1. The number of nitrogens with one attached hydrogen (secondary N) is 1. The van der Waals surface area contributed by atoms with E-state index in [1.54, 1.807) is 6.92 Å². The molecule has 2 amide bonds. The minimum atomic E-state index is -4.41. The summed E-state index contributed by atoms with van der Waals surface area (Å²) in [6.45, 7) is 0.731. The maximum absolute atomic E-state index is 12.3. The van der Waals surface area contributed by atoms with Gasteiger partial charge in [0.2, 0.25) is 0 Å². The van der Waals surface area contributed by atoms with Crippen LogP contribution in [0.3, 0.4) is 0 Å². The fourth-order valence-electron chi connectivity index (χ4n) is 1.62. The van der Waals surface area contributed by atoms with Gasteiger partial charge >= 0.3 is 18.2 Å². The SMILES string of the molecule is CCCN(CC(F)(F)F)C(=O)NCCCCCC(=O)O. The van der Waals surface area contributed by atoms with Crippen LogP contribution in [0.5, 0.6) is 0 Å². The zero-order valence-electron chi connectivity index (χ0n) is 11.5. The molecule has 20 heavy (non-hydrogen) atoms. The molecule has 0 aromatic carbocycles. The molecule has 0 bridgehead atoms. The highest BCUT2D eigenvalue weighted by atomic mass is 19.4. The quantitative estimate of drug-likeness (QED) is 0.643. The standard InChI is InChI=1S/C12H21F3N2O3/c1-2-8-17(9-12(13,14)15)11(20)16-7-5-3-4-6-10(18)19/h2-9H2,1H3,(H,16,20)(H,18,19). The summed E-state index contributed by atoms with van der Waals surface area (Å²) < 4.78 is 36.8. The van der Waals surface area contributed by atoms with Crippen LogP contribution >= 0.6 is 0 Å². The van der Waals surface area contributed by atoms with Gasteiger partial charge in [-0.2, -0.15) is 13.2 Å². The van der Waals surface area contributed by atoms with Crippen molar-refractivity contribution in [1.29, 1.82) is 0 Å². The topological polar surface area (TPSA) is 69.6 Å². The molecular formula is C12H21F3N2O3. The van der Waals surface area contributed by atoms with Gasteiger partial charge in [0.15, 0.2) is 0 Å². The number of carboxylic acid groups (broad SMARTS) is 1. The highest BCUT2D eigenvalue weighted by Crippen LogP contribution is 2.16. The number of hydrogen-bond donors (Lipinski definition) is 2. The number of hydrogen-bond acceptors (Lipinski definition) is 2. The number of carbonyl (C=O) groups excluding carboxylic acids is 1. The Morgan fingerprint density at radius 3 is 2.35 bits per heavy atom. The summed E-state index contributed by atoms with van der Waals surface area (Å²) in [5.74, 6) is -0.881. The van der Waals surface area contributed by atoms with Gasteiger partial charge in [-0.25, -0.2) is 4.79 Å². The molecule has 0 radical (unpaired) electrons. The molecule has 0 atom stereocenters. The zero-order valence-corrected chi connectivity index (χ0v) is 11.5. The van der Waals surface area contributed by atoms with Crippen LogP contribution < -0.4 is 5.32 Å². The third kappa shape index (κ3) is 10.5. The van der Waals surface area contributed by atoms with Crippen molar-refractivity contribution in [2.24, 2.45) is 0 Å². The number of alkyl halides is 3. The predicted molar refractivity (Wildman–Crippen MR) is 67.4 cm³/mol. The van der Waals surface area contributed by atoms with Gasteiger partial charge in [-0.1, -0.05) is 13.3 Å². The van der Waals surface area contributed by atoms with Crippen LogP contribution in [0, 0.1) is 0 Å². The lowest BCUT2D eigenvalue weighted by Crippen LogP contribution is -2.45. The molecule has 5 nitrogen and oxygen atoms in total. The van der Waals surface area contributed by atoms with Crippen LogP contribution in [0.25, 0.3) is 0 Å². The molecule has 0 aromatic heterocycles. The number of rotatable bonds is 9. The van der Waals surface area contributed by atoms with E-state index in [2.05, 4.69) is 5.32 Å². The van der Waals surface area contributed by atoms with E-state index >= 15 is 0 Å². The molecule has 0 aliphatic carbocycles. The molecule has 0 fully saturated rings. The monoisotopic (exact) mass is 298 g/mol. The number of aliphatic carboxylic acids is 1. The molecule has 8 heteroatoms. The van der Waals surface area contributed by atoms with E-state index in [9.17, 15) is 22.8 Å². The van der Waals surface area contributed by atoms with Gasteiger partial charge in [0.25, 0.3) is 0 Å². The van der Waals surface area contributed by atoms with Crippen molar-refractivity contribution in [1.82, 2.24) is 10.2 Å². The summed E-state index contributed by atoms with van der Waals surface area (Å²) in [4.78, 5) is 22.6. The molecule has 0 spiro atoms. The van der Waals surface area contributed by atoms with Gasteiger partial charge < -0.3 is 15.3 Å². The van der Waals surface area contributed by atoms with Crippen molar-refractivity contribution in [3.63, 3.8) is 0 Å². The van der Waals surface area contributed by atoms with E-state index in [4.69, 9.17) is 5.11 Å². The van der Waals surface area contributed by atoms with Gasteiger partial charge in [0, 0.05) is 19.5 Å². The molecule has 0 unspecified atom stereocenters. The van der Waals surface area contributed by atoms with Crippen LogP contribution in [0.15, 0.2) is 0 Å². The fourth-order valence-corrected chi connectivity index (χ4v) is 1.62. The molecule has 0 saturated heterocycles. The summed E-state index contributed by atoms with van der Waals surface area (Å²) in [5, 5.41) is 10.8. The number of halogens is 3. The highest BCUT2D eigenvalue weighted by molar-refractivity contribution is 5.74. The van der Waals surface area contributed by atoms with Crippen LogP contribution in [0.2, 0.25) is 0 Å². The molecule has 0 rings (SSSR count). The maximum atomic E-state index is 12.3. The fraction of sp³-hybridized carbons (Fsp3) is 0.833. The Hall–Kier alpha value is -1.47. The number of carboxylic acids is 1. The average Bonchev–Trinajstić information content (AvgIpc) is 2.30. The first-order valence-corrected chi connectivity index (χ1v) is 6.57.